The van der Waals surface area contributed by atoms with Crippen molar-refractivity contribution in [1.82, 2.24) is 0 Å². The van der Waals surface area contributed by atoms with E-state index in [0.29, 0.717) is 0 Å². The Morgan fingerprint density at radius 1 is 0.800 bits per heavy atom. The maximum atomic E-state index is 3.86. The zero-order chi connectivity index (χ0) is 14.7. The highest BCUT2D eigenvalue weighted by Crippen LogP contribution is 2.57. The molecule has 0 atom stereocenters. The molecule has 2 aromatic carbocycles. The van der Waals surface area contributed by atoms with Crippen LogP contribution in [0, 0.1) is 0 Å². The van der Waals surface area contributed by atoms with Gasteiger partial charge in [0.15, 0.2) is 0 Å². The lowest BCUT2D eigenvalue weighted by atomic mass is 9.86. The van der Waals surface area contributed by atoms with Crippen LogP contribution in [0.3, 0.4) is 0 Å². The van der Waals surface area contributed by atoms with Gasteiger partial charge in [0.2, 0.25) is 0 Å². The molecule has 0 radical (unpaired) electrons. The Labute approximate surface area is 167 Å². The van der Waals surface area contributed by atoms with Crippen LogP contribution in [-0.2, 0) is 9.65 Å². The van der Waals surface area contributed by atoms with E-state index in [1.54, 1.807) is 0 Å². The molecule has 104 valence electrons. The zero-order valence-electron chi connectivity index (χ0n) is 9.78. The molecule has 0 fully saturated rings. The fourth-order valence-electron chi connectivity index (χ4n) is 2.48. The number of hydrogen-bond donors (Lipinski definition) is 0. The first-order chi connectivity index (χ1) is 9.35. The molecule has 0 heterocycles. The molecule has 0 saturated heterocycles. The van der Waals surface area contributed by atoms with Crippen LogP contribution in [0.15, 0.2) is 42.2 Å². The van der Waals surface area contributed by atoms with Crippen molar-refractivity contribution in [3.8, 4) is 0 Å². The van der Waals surface area contributed by atoms with Crippen LogP contribution in [0.25, 0.3) is 0 Å². The molecule has 3 rings (SSSR count). The van der Waals surface area contributed by atoms with E-state index in [-0.39, 0.29) is 0 Å². The molecule has 0 unspecified atom stereocenters. The van der Waals surface area contributed by atoms with E-state index >= 15 is 0 Å². The molecule has 20 heavy (non-hydrogen) atoms. The summed E-state index contributed by atoms with van der Waals surface area (Å²) in [5.41, 5.74) is 5.02. The average molecular weight is 654 g/mol. The summed E-state index contributed by atoms with van der Waals surface area (Å²) in [6.45, 7) is 0. The molecular formula is C14H6Br6. The number of alkyl halides is 2. The molecular weight excluding hydrogens is 648 g/mol. The summed E-state index contributed by atoms with van der Waals surface area (Å²) in [5.74, 6) is 0. The summed E-state index contributed by atoms with van der Waals surface area (Å²) in [5, 5.41) is 0. The largest absolute Gasteiger partial charge is 0.132 e. The number of benzene rings is 2. The summed E-state index contributed by atoms with van der Waals surface area (Å²) >= 11 is 22.4. The molecule has 2 aromatic rings. The van der Waals surface area contributed by atoms with Crippen molar-refractivity contribution >= 4 is 95.6 Å². The van der Waals surface area contributed by atoms with Gasteiger partial charge >= 0.3 is 0 Å². The number of hydrogen-bond acceptors (Lipinski definition) is 0. The predicted octanol–water partition coefficient (Wildman–Crippen LogP) is 7.63. The minimum atomic E-state index is -0.394. The van der Waals surface area contributed by atoms with Crippen LogP contribution in [0.1, 0.15) is 22.3 Å². The normalized spacial score (nSPS) is 15.7. The Kier molecular flexibility index (Phi) is 4.65. The van der Waals surface area contributed by atoms with Gasteiger partial charge in [-0.2, -0.15) is 0 Å². The highest BCUT2D eigenvalue weighted by molar-refractivity contribution is 9.25. The van der Waals surface area contributed by atoms with Gasteiger partial charge in [0.05, 0.1) is 0 Å². The Hall–Kier alpha value is 1.32. The van der Waals surface area contributed by atoms with Gasteiger partial charge in [0.25, 0.3) is 0 Å². The van der Waals surface area contributed by atoms with Gasteiger partial charge in [-0.05, 0) is 86.8 Å². The van der Waals surface area contributed by atoms with Gasteiger partial charge < -0.3 is 0 Å². The Bertz CT molecular complexity index is 720. The molecule has 0 N–H and O–H groups in total. The molecule has 6 heteroatoms. The molecule has 0 nitrogen and oxygen atoms in total. The molecule has 0 bridgehead atoms. The smallest absolute Gasteiger partial charge is 0.0620 e. The third kappa shape index (κ3) is 2.37. The van der Waals surface area contributed by atoms with Gasteiger partial charge in [-0.1, -0.05) is 56.1 Å². The fourth-order valence-corrected chi connectivity index (χ4v) is 7.29. The first-order valence-electron chi connectivity index (χ1n) is 5.67. The quantitative estimate of drug-likeness (QED) is 0.156. The van der Waals surface area contributed by atoms with E-state index < -0.39 is 3.23 Å². The van der Waals surface area contributed by atoms with Crippen molar-refractivity contribution in [3.05, 3.63) is 64.4 Å². The van der Waals surface area contributed by atoms with Gasteiger partial charge in [-0.3, -0.25) is 0 Å². The van der Waals surface area contributed by atoms with Crippen molar-refractivity contribution in [1.29, 1.82) is 0 Å². The maximum absolute atomic E-state index is 3.86. The Morgan fingerprint density at radius 3 is 2.10 bits per heavy atom. The number of halogens is 6. The van der Waals surface area contributed by atoms with Gasteiger partial charge in [-0.15, -0.1) is 0 Å². The average Bonchev–Trinajstić information content (AvgIpc) is 2.42. The minimum absolute atomic E-state index is 0.394. The lowest BCUT2D eigenvalue weighted by molar-refractivity contribution is 0.943. The third-order valence-electron chi connectivity index (χ3n) is 3.40. The second kappa shape index (κ2) is 5.75. The van der Waals surface area contributed by atoms with Crippen molar-refractivity contribution in [2.75, 3.05) is 0 Å². The SMILES string of the molecule is Brc1c(Br)c(Br)c2c(c1Br)Cc1ccccc1C2(Br)Br. The fraction of sp³-hybridized carbons (Fsp3) is 0.143. The van der Waals surface area contributed by atoms with E-state index in [1.807, 2.05) is 0 Å². The molecule has 0 amide bonds. The van der Waals surface area contributed by atoms with Crippen molar-refractivity contribution in [2.45, 2.75) is 9.65 Å². The lowest BCUT2D eigenvalue weighted by Gasteiger charge is -2.34. The van der Waals surface area contributed by atoms with E-state index in [9.17, 15) is 0 Å². The van der Waals surface area contributed by atoms with Gasteiger partial charge in [-0.25, -0.2) is 0 Å². The van der Waals surface area contributed by atoms with Crippen LogP contribution < -0.4 is 0 Å². The zero-order valence-corrected chi connectivity index (χ0v) is 19.3. The molecule has 0 saturated carbocycles. The standard InChI is InChI=1S/C14H6Br6/c15-10-7-5-6-3-1-2-4-8(6)14(19,20)9(7)11(16)13(18)12(10)17/h1-4H,5H2. The van der Waals surface area contributed by atoms with Crippen molar-refractivity contribution < 1.29 is 0 Å². The first kappa shape index (κ1) is 16.2. The second-order valence-corrected chi connectivity index (χ2v) is 11.1. The van der Waals surface area contributed by atoms with Crippen LogP contribution in [0.2, 0.25) is 0 Å². The van der Waals surface area contributed by atoms with E-state index in [4.69, 9.17) is 0 Å². The van der Waals surface area contributed by atoms with Crippen molar-refractivity contribution in [2.24, 2.45) is 0 Å². The van der Waals surface area contributed by atoms with Crippen LogP contribution in [0.4, 0.5) is 0 Å². The summed E-state index contributed by atoms with van der Waals surface area (Å²) < 4.78 is 3.77. The molecule has 0 aliphatic heterocycles. The van der Waals surface area contributed by atoms with Gasteiger partial charge in [0, 0.05) is 23.5 Å². The molecule has 0 aromatic heterocycles. The predicted molar refractivity (Wildman–Crippen MR) is 105 cm³/mol. The van der Waals surface area contributed by atoms with Crippen LogP contribution in [0.5, 0.6) is 0 Å². The molecule has 1 aliphatic rings. The molecule has 1 aliphatic carbocycles. The maximum Gasteiger partial charge on any atom is 0.132 e. The lowest BCUT2D eigenvalue weighted by Crippen LogP contribution is -2.22. The van der Waals surface area contributed by atoms with Gasteiger partial charge in [0.1, 0.15) is 3.23 Å². The highest BCUT2D eigenvalue weighted by Gasteiger charge is 2.40. The third-order valence-corrected chi connectivity index (χ3v) is 9.90. The Balaban J connectivity index is 2.40. The number of fused-ring (bicyclic) bond motifs is 2. The first-order valence-corrected chi connectivity index (χ1v) is 10.4. The van der Waals surface area contributed by atoms with E-state index in [1.165, 1.54) is 22.3 Å². The number of rotatable bonds is 0. The summed E-state index contributed by atoms with van der Waals surface area (Å²) in [7, 11) is 0. The monoisotopic (exact) mass is 648 g/mol. The second-order valence-electron chi connectivity index (χ2n) is 4.52. The van der Waals surface area contributed by atoms with Crippen molar-refractivity contribution in [3.63, 3.8) is 0 Å². The summed E-state index contributed by atoms with van der Waals surface area (Å²) in [6.07, 6.45) is 0.898. The van der Waals surface area contributed by atoms with Crippen LogP contribution in [-0.4, -0.2) is 0 Å². The van der Waals surface area contributed by atoms with Crippen LogP contribution >= 0.6 is 95.6 Å². The highest BCUT2D eigenvalue weighted by atomic mass is 79.9. The van der Waals surface area contributed by atoms with E-state index in [2.05, 4.69) is 120 Å². The Morgan fingerprint density at radius 2 is 1.40 bits per heavy atom. The molecule has 0 spiro atoms. The van der Waals surface area contributed by atoms with E-state index in [0.717, 1.165) is 24.3 Å². The summed E-state index contributed by atoms with van der Waals surface area (Å²) in [4.78, 5) is 0. The topological polar surface area (TPSA) is 0 Å². The summed E-state index contributed by atoms with van der Waals surface area (Å²) in [6, 6.07) is 8.47. The minimum Gasteiger partial charge on any atom is -0.0620 e.